The van der Waals surface area contributed by atoms with Crippen molar-refractivity contribution in [1.82, 2.24) is 4.98 Å². The first-order valence-electron chi connectivity index (χ1n) is 4.12. The molecule has 7 heteroatoms. The maximum atomic E-state index is 12.0. The summed E-state index contributed by atoms with van der Waals surface area (Å²) in [5.74, 6) is -0.366. The number of methoxy groups -OCH3 is 1. The van der Waals surface area contributed by atoms with Crippen LogP contribution in [-0.4, -0.2) is 18.5 Å². The maximum Gasteiger partial charge on any atom is 0.574 e. The van der Waals surface area contributed by atoms with E-state index in [2.05, 4.69) is 9.72 Å². The Hall–Kier alpha value is -1.97. The molecule has 4 nitrogen and oxygen atoms in total. The monoisotopic (exact) mass is 232 g/mol. The Kier molecular flexibility index (Phi) is 3.55. The number of alkyl halides is 3. The van der Waals surface area contributed by atoms with Gasteiger partial charge in [-0.25, -0.2) is 4.98 Å². The number of hydrogen-bond donors (Lipinski definition) is 0. The van der Waals surface area contributed by atoms with Crippen LogP contribution in [0.25, 0.3) is 0 Å². The lowest BCUT2D eigenvalue weighted by molar-refractivity contribution is -0.276. The molecule has 1 aromatic heterocycles. The summed E-state index contributed by atoms with van der Waals surface area (Å²) in [6.45, 7) is 0. The number of pyridine rings is 1. The molecule has 0 N–H and O–H groups in total. The summed E-state index contributed by atoms with van der Waals surface area (Å²) in [7, 11) is 1.34. The van der Waals surface area contributed by atoms with Crippen molar-refractivity contribution < 1.29 is 22.6 Å². The van der Waals surface area contributed by atoms with E-state index in [-0.39, 0.29) is 17.7 Å². The van der Waals surface area contributed by atoms with Crippen LogP contribution in [0.2, 0.25) is 0 Å². The molecule has 0 atom stereocenters. The van der Waals surface area contributed by atoms with Gasteiger partial charge in [-0.3, -0.25) is 0 Å². The topological polar surface area (TPSA) is 55.1 Å². The Labute approximate surface area is 89.2 Å². The van der Waals surface area contributed by atoms with Gasteiger partial charge in [0.05, 0.1) is 25.8 Å². The van der Waals surface area contributed by atoms with E-state index >= 15 is 0 Å². The predicted octanol–water partition coefficient (Wildman–Crippen LogP) is 2.05. The van der Waals surface area contributed by atoms with Gasteiger partial charge in [0.2, 0.25) is 5.88 Å². The van der Waals surface area contributed by atoms with Crippen LogP contribution in [-0.2, 0) is 6.42 Å². The van der Waals surface area contributed by atoms with Gasteiger partial charge in [-0.1, -0.05) is 0 Å². The lowest BCUT2D eigenvalue weighted by atomic mass is 10.2. The Morgan fingerprint density at radius 3 is 2.69 bits per heavy atom. The number of hydrogen-bond acceptors (Lipinski definition) is 4. The molecular weight excluding hydrogens is 225 g/mol. The average Bonchev–Trinajstić information content (AvgIpc) is 2.19. The highest BCUT2D eigenvalue weighted by Gasteiger charge is 2.32. The first-order chi connectivity index (χ1) is 7.46. The molecule has 0 amide bonds. The second-order valence-electron chi connectivity index (χ2n) is 2.72. The normalized spacial score (nSPS) is 10.7. The zero-order valence-corrected chi connectivity index (χ0v) is 8.21. The van der Waals surface area contributed by atoms with Crippen molar-refractivity contribution in [3.05, 3.63) is 17.8 Å². The van der Waals surface area contributed by atoms with Crippen molar-refractivity contribution in [2.45, 2.75) is 12.8 Å². The molecule has 0 saturated heterocycles. The van der Waals surface area contributed by atoms with Crippen LogP contribution < -0.4 is 9.47 Å². The fraction of sp³-hybridized carbons (Fsp3) is 0.333. The minimum Gasteiger partial charge on any atom is -0.495 e. The van der Waals surface area contributed by atoms with E-state index in [0.29, 0.717) is 0 Å². The lowest BCUT2D eigenvalue weighted by Crippen LogP contribution is -2.19. The van der Waals surface area contributed by atoms with Gasteiger partial charge in [-0.2, -0.15) is 5.26 Å². The first-order valence-corrected chi connectivity index (χ1v) is 4.12. The third kappa shape index (κ3) is 3.31. The van der Waals surface area contributed by atoms with Crippen molar-refractivity contribution in [3.63, 3.8) is 0 Å². The van der Waals surface area contributed by atoms with E-state index in [0.717, 1.165) is 6.20 Å². The third-order valence-corrected chi connectivity index (χ3v) is 1.62. The smallest absolute Gasteiger partial charge is 0.495 e. The molecule has 1 heterocycles. The maximum absolute atomic E-state index is 12.0. The summed E-state index contributed by atoms with van der Waals surface area (Å²) in [4.78, 5) is 3.44. The third-order valence-electron chi connectivity index (χ3n) is 1.62. The number of nitriles is 1. The van der Waals surface area contributed by atoms with Crippen molar-refractivity contribution in [2.24, 2.45) is 0 Å². The number of nitrogens with zero attached hydrogens (tertiary/aromatic N) is 2. The summed E-state index contributed by atoms with van der Waals surface area (Å²) in [6.07, 6.45) is -3.98. The molecule has 1 rings (SSSR count). The van der Waals surface area contributed by atoms with Crippen LogP contribution >= 0.6 is 0 Å². The second kappa shape index (κ2) is 4.70. The summed E-state index contributed by atoms with van der Waals surface area (Å²) >= 11 is 0. The van der Waals surface area contributed by atoms with Gasteiger partial charge in [0.15, 0.2) is 0 Å². The standard InChI is InChI=1S/C9H7F3N2O2/c1-15-7-4-6(2-3-13)8(14-5-7)16-9(10,11)12/h4-5H,2H2,1H3. The average molecular weight is 232 g/mol. The Morgan fingerprint density at radius 2 is 2.19 bits per heavy atom. The molecule has 0 bridgehead atoms. The molecule has 0 aliphatic rings. The van der Waals surface area contributed by atoms with Gasteiger partial charge in [-0.15, -0.1) is 13.2 Å². The van der Waals surface area contributed by atoms with Crippen molar-refractivity contribution >= 4 is 0 Å². The largest absolute Gasteiger partial charge is 0.574 e. The summed E-state index contributed by atoms with van der Waals surface area (Å²) in [5, 5.41) is 8.45. The van der Waals surface area contributed by atoms with Crippen LogP contribution in [0.3, 0.4) is 0 Å². The van der Waals surface area contributed by atoms with E-state index in [4.69, 9.17) is 10.00 Å². The first kappa shape index (κ1) is 12.1. The van der Waals surface area contributed by atoms with E-state index in [1.807, 2.05) is 0 Å². The molecule has 86 valence electrons. The molecule has 0 saturated carbocycles. The van der Waals surface area contributed by atoms with E-state index in [1.165, 1.54) is 13.2 Å². The number of rotatable bonds is 3. The van der Waals surface area contributed by atoms with Gasteiger partial charge < -0.3 is 9.47 Å². The van der Waals surface area contributed by atoms with Crippen LogP contribution in [0.15, 0.2) is 12.3 Å². The van der Waals surface area contributed by atoms with Gasteiger partial charge >= 0.3 is 6.36 Å². The SMILES string of the molecule is COc1cnc(OC(F)(F)F)c(CC#N)c1. The summed E-state index contributed by atoms with van der Waals surface area (Å²) in [5.41, 5.74) is 0.0270. The quantitative estimate of drug-likeness (QED) is 0.800. The molecule has 0 aromatic carbocycles. The van der Waals surface area contributed by atoms with E-state index in [9.17, 15) is 13.2 Å². The van der Waals surface area contributed by atoms with Crippen LogP contribution in [0.1, 0.15) is 5.56 Å². The number of aromatic nitrogens is 1. The number of ether oxygens (including phenoxy) is 2. The molecule has 0 fully saturated rings. The Balaban J connectivity index is 3.04. The fourth-order valence-electron chi connectivity index (χ4n) is 1.00. The molecule has 0 aliphatic carbocycles. The van der Waals surface area contributed by atoms with Crippen LogP contribution in [0, 0.1) is 11.3 Å². The van der Waals surface area contributed by atoms with Gasteiger partial charge in [0.25, 0.3) is 0 Å². The van der Waals surface area contributed by atoms with Crippen LogP contribution in [0.5, 0.6) is 11.6 Å². The molecule has 1 aromatic rings. The Bertz CT molecular complexity index is 412. The molecule has 16 heavy (non-hydrogen) atoms. The molecule has 0 radical (unpaired) electrons. The highest BCUT2D eigenvalue weighted by molar-refractivity contribution is 5.35. The Morgan fingerprint density at radius 1 is 1.50 bits per heavy atom. The molecular formula is C9H7F3N2O2. The zero-order chi connectivity index (χ0) is 12.2. The van der Waals surface area contributed by atoms with Crippen molar-refractivity contribution in [1.29, 1.82) is 5.26 Å². The summed E-state index contributed by atoms with van der Waals surface area (Å²) in [6, 6.07) is 2.99. The summed E-state index contributed by atoms with van der Waals surface area (Å²) < 4.78 is 44.3. The minimum atomic E-state index is -4.83. The van der Waals surface area contributed by atoms with Gasteiger partial charge in [-0.05, 0) is 6.07 Å². The highest BCUT2D eigenvalue weighted by atomic mass is 19.4. The van der Waals surface area contributed by atoms with Gasteiger partial charge in [0, 0.05) is 5.56 Å². The van der Waals surface area contributed by atoms with Crippen molar-refractivity contribution in [3.8, 4) is 17.7 Å². The van der Waals surface area contributed by atoms with Gasteiger partial charge in [0.1, 0.15) is 5.75 Å². The van der Waals surface area contributed by atoms with Crippen molar-refractivity contribution in [2.75, 3.05) is 7.11 Å². The molecule has 0 unspecified atom stereocenters. The van der Waals surface area contributed by atoms with E-state index < -0.39 is 12.2 Å². The van der Waals surface area contributed by atoms with E-state index in [1.54, 1.807) is 6.07 Å². The highest BCUT2D eigenvalue weighted by Crippen LogP contribution is 2.26. The number of halogens is 3. The zero-order valence-electron chi connectivity index (χ0n) is 8.21. The second-order valence-corrected chi connectivity index (χ2v) is 2.72. The predicted molar refractivity (Wildman–Crippen MR) is 46.8 cm³/mol. The molecule has 0 spiro atoms. The minimum absolute atomic E-state index is 0.0270. The fourth-order valence-corrected chi connectivity index (χ4v) is 1.00. The lowest BCUT2D eigenvalue weighted by Gasteiger charge is -2.11. The van der Waals surface area contributed by atoms with Crippen LogP contribution in [0.4, 0.5) is 13.2 Å². The molecule has 0 aliphatic heterocycles.